The normalized spacial score (nSPS) is 22.8. The first-order chi connectivity index (χ1) is 18.5. The number of nitrogens with zero attached hydrogens (tertiary/aromatic N) is 4. The number of ether oxygens (including phenoxy) is 4. The minimum atomic E-state index is -1.14. The first-order valence-corrected chi connectivity index (χ1v) is 13.8. The second-order valence-corrected chi connectivity index (χ2v) is 11.2. The van der Waals surface area contributed by atoms with Crippen LogP contribution in [0.15, 0.2) is 35.5 Å². The summed E-state index contributed by atoms with van der Waals surface area (Å²) in [5.74, 6) is -1.89. The highest BCUT2D eigenvalue weighted by atomic mass is 35.5. The predicted octanol–water partition coefficient (Wildman–Crippen LogP) is 4.33. The minimum absolute atomic E-state index is 0.240. The monoisotopic (exact) mass is 618 g/mol. The van der Waals surface area contributed by atoms with Crippen LogP contribution < -0.4 is 0 Å². The number of carbonyl (C=O) groups excluding carboxylic acids is 3. The molecule has 16 heteroatoms. The maximum atomic E-state index is 13.6. The standard InChI is InChI=1S/C23H21Cl2FN4O7S2/c1-10(31)34-9-17-20(35-11(2)32)19(30-8-16(28-29-30)22-27-7-18(26)39-22)21(36-12(3)33)23(37-17)38-13-4-5-14(24)15(25)6-13/h4-8,17,19-21,23H,9H2,1-3H3. The van der Waals surface area contributed by atoms with Gasteiger partial charge >= 0.3 is 17.9 Å². The minimum Gasteiger partial charge on any atom is -0.463 e. The van der Waals surface area contributed by atoms with E-state index in [9.17, 15) is 18.8 Å². The van der Waals surface area contributed by atoms with Crippen LogP contribution >= 0.6 is 46.3 Å². The Bertz CT molecular complexity index is 1370. The molecule has 0 N–H and O–H groups in total. The molecule has 1 aliphatic heterocycles. The van der Waals surface area contributed by atoms with E-state index in [0.29, 0.717) is 14.9 Å². The molecule has 3 heterocycles. The smallest absolute Gasteiger partial charge is 0.303 e. The number of carbonyl (C=O) groups is 3. The number of aromatic nitrogens is 4. The van der Waals surface area contributed by atoms with E-state index in [0.717, 1.165) is 29.3 Å². The Hall–Kier alpha value is -2.78. The van der Waals surface area contributed by atoms with E-state index < -0.39 is 52.8 Å². The summed E-state index contributed by atoms with van der Waals surface area (Å²) in [6.45, 7) is 3.35. The van der Waals surface area contributed by atoms with Gasteiger partial charge in [0.15, 0.2) is 17.3 Å². The molecular weight excluding hydrogens is 598 g/mol. The Morgan fingerprint density at radius 1 is 1.10 bits per heavy atom. The van der Waals surface area contributed by atoms with Crippen molar-refractivity contribution < 1.29 is 37.7 Å². The van der Waals surface area contributed by atoms with Gasteiger partial charge in [-0.25, -0.2) is 9.67 Å². The number of hydrogen-bond donors (Lipinski definition) is 0. The van der Waals surface area contributed by atoms with Gasteiger partial charge in [-0.05, 0) is 18.2 Å². The van der Waals surface area contributed by atoms with Crippen LogP contribution in [0.3, 0.4) is 0 Å². The van der Waals surface area contributed by atoms with Crippen LogP contribution in [0.5, 0.6) is 0 Å². The summed E-state index contributed by atoms with van der Waals surface area (Å²) in [4.78, 5) is 40.6. The lowest BCUT2D eigenvalue weighted by atomic mass is 9.96. The summed E-state index contributed by atoms with van der Waals surface area (Å²) < 4.78 is 37.7. The summed E-state index contributed by atoms with van der Waals surface area (Å²) >= 11 is 14.2. The Balaban J connectivity index is 1.79. The topological polar surface area (TPSA) is 132 Å². The largest absolute Gasteiger partial charge is 0.463 e. The number of hydrogen-bond acceptors (Lipinski definition) is 12. The van der Waals surface area contributed by atoms with Crippen molar-refractivity contribution >= 4 is 64.2 Å². The first-order valence-electron chi connectivity index (χ1n) is 11.3. The molecule has 1 aromatic carbocycles. The van der Waals surface area contributed by atoms with E-state index in [2.05, 4.69) is 15.3 Å². The lowest BCUT2D eigenvalue weighted by Crippen LogP contribution is -2.57. The molecule has 0 bridgehead atoms. The fourth-order valence-electron chi connectivity index (χ4n) is 3.86. The van der Waals surface area contributed by atoms with Crippen molar-refractivity contribution in [2.24, 2.45) is 0 Å². The molecular formula is C23H21Cl2FN4O7S2. The third-order valence-electron chi connectivity index (χ3n) is 5.33. The molecule has 1 fully saturated rings. The van der Waals surface area contributed by atoms with Gasteiger partial charge in [-0.1, -0.05) is 51.5 Å². The third-order valence-corrected chi connectivity index (χ3v) is 8.01. The summed E-state index contributed by atoms with van der Waals surface area (Å²) in [6.07, 6.45) is -0.720. The lowest BCUT2D eigenvalue weighted by molar-refractivity contribution is -0.212. The Kier molecular flexibility index (Phi) is 9.43. The molecule has 2 aromatic heterocycles. The zero-order valence-electron chi connectivity index (χ0n) is 20.6. The number of thioether (sulfide) groups is 1. The number of halogens is 3. The lowest BCUT2D eigenvalue weighted by Gasteiger charge is -2.44. The maximum Gasteiger partial charge on any atom is 0.303 e. The molecule has 5 atom stereocenters. The van der Waals surface area contributed by atoms with Crippen LogP contribution in [0, 0.1) is 5.13 Å². The van der Waals surface area contributed by atoms with Crippen molar-refractivity contribution in [3.05, 3.63) is 45.8 Å². The molecule has 39 heavy (non-hydrogen) atoms. The molecule has 1 saturated heterocycles. The van der Waals surface area contributed by atoms with Crippen LogP contribution in [-0.2, 0) is 33.3 Å². The summed E-state index contributed by atoms with van der Waals surface area (Å²) in [6, 6.07) is 3.91. The summed E-state index contributed by atoms with van der Waals surface area (Å²) in [5, 5.41) is 8.62. The van der Waals surface area contributed by atoms with Crippen LogP contribution in [-0.4, -0.2) is 68.2 Å². The van der Waals surface area contributed by atoms with E-state index in [1.165, 1.54) is 31.6 Å². The van der Waals surface area contributed by atoms with Crippen molar-refractivity contribution in [1.82, 2.24) is 20.0 Å². The molecule has 0 aliphatic carbocycles. The maximum absolute atomic E-state index is 13.6. The zero-order valence-corrected chi connectivity index (χ0v) is 23.7. The van der Waals surface area contributed by atoms with Gasteiger partial charge in [0.05, 0.1) is 22.4 Å². The van der Waals surface area contributed by atoms with Gasteiger partial charge in [0.1, 0.15) is 34.9 Å². The second kappa shape index (κ2) is 12.6. The van der Waals surface area contributed by atoms with E-state index in [1.54, 1.807) is 18.2 Å². The SMILES string of the molecule is CC(=O)OCC1OC(Sc2ccc(Cl)c(Cl)c2)C(OC(C)=O)C(n2cc(-c3ncc(F)s3)nn2)C1OC(C)=O. The molecule has 208 valence electrons. The van der Waals surface area contributed by atoms with Crippen molar-refractivity contribution in [2.75, 3.05) is 6.61 Å². The highest BCUT2D eigenvalue weighted by Crippen LogP contribution is 2.42. The van der Waals surface area contributed by atoms with Crippen LogP contribution in [0.2, 0.25) is 10.0 Å². The molecule has 0 radical (unpaired) electrons. The van der Waals surface area contributed by atoms with Gasteiger partial charge in [-0.15, -0.1) is 5.10 Å². The number of benzene rings is 1. The van der Waals surface area contributed by atoms with Gasteiger partial charge in [-0.3, -0.25) is 14.4 Å². The molecule has 0 spiro atoms. The number of thiazole rings is 1. The van der Waals surface area contributed by atoms with Crippen molar-refractivity contribution in [3.8, 4) is 10.7 Å². The van der Waals surface area contributed by atoms with Gasteiger partial charge in [0.2, 0.25) is 0 Å². The fraction of sp³-hybridized carbons (Fsp3) is 0.391. The summed E-state index contributed by atoms with van der Waals surface area (Å²) in [5.41, 5.74) is -0.683. The third kappa shape index (κ3) is 7.25. The van der Waals surface area contributed by atoms with Gasteiger partial charge in [0, 0.05) is 25.7 Å². The number of esters is 3. The van der Waals surface area contributed by atoms with E-state index >= 15 is 0 Å². The average Bonchev–Trinajstić information content (AvgIpc) is 3.50. The Morgan fingerprint density at radius 3 is 2.44 bits per heavy atom. The van der Waals surface area contributed by atoms with E-state index in [-0.39, 0.29) is 17.3 Å². The summed E-state index contributed by atoms with van der Waals surface area (Å²) in [7, 11) is 0. The second-order valence-electron chi connectivity index (χ2n) is 8.23. The highest BCUT2D eigenvalue weighted by Gasteiger charge is 2.52. The van der Waals surface area contributed by atoms with Crippen LogP contribution in [0.1, 0.15) is 26.8 Å². The quantitative estimate of drug-likeness (QED) is 0.264. The van der Waals surface area contributed by atoms with E-state index in [1.807, 2.05) is 0 Å². The number of rotatable bonds is 8. The van der Waals surface area contributed by atoms with Crippen molar-refractivity contribution in [2.45, 2.75) is 55.5 Å². The van der Waals surface area contributed by atoms with Gasteiger partial charge in [0.25, 0.3) is 0 Å². The first kappa shape index (κ1) is 29.2. The molecule has 0 saturated carbocycles. The van der Waals surface area contributed by atoms with Gasteiger partial charge < -0.3 is 18.9 Å². The van der Waals surface area contributed by atoms with Crippen LogP contribution in [0.25, 0.3) is 10.7 Å². The molecule has 11 nitrogen and oxygen atoms in total. The molecule has 5 unspecified atom stereocenters. The predicted molar refractivity (Wildman–Crippen MR) is 139 cm³/mol. The molecule has 3 aromatic rings. The zero-order chi connectivity index (χ0) is 28.3. The Labute approximate surface area is 239 Å². The molecule has 1 aliphatic rings. The fourth-order valence-corrected chi connectivity index (χ4v) is 5.96. The van der Waals surface area contributed by atoms with Gasteiger partial charge in [-0.2, -0.15) is 4.39 Å². The highest BCUT2D eigenvalue weighted by molar-refractivity contribution is 7.99. The van der Waals surface area contributed by atoms with Crippen LogP contribution in [0.4, 0.5) is 4.39 Å². The van der Waals surface area contributed by atoms with Crippen molar-refractivity contribution in [3.63, 3.8) is 0 Å². The molecule has 0 amide bonds. The Morgan fingerprint density at radius 2 is 1.82 bits per heavy atom. The van der Waals surface area contributed by atoms with E-state index in [4.69, 9.17) is 42.1 Å². The average molecular weight is 619 g/mol. The molecule has 4 rings (SSSR count). The van der Waals surface area contributed by atoms with Crippen molar-refractivity contribution in [1.29, 1.82) is 0 Å².